The normalized spacial score (nSPS) is 16.0. The van der Waals surface area contributed by atoms with Crippen molar-refractivity contribution in [1.82, 2.24) is 5.32 Å². The highest BCUT2D eigenvalue weighted by atomic mass is 19.4. The molecule has 0 spiro atoms. The number of nitrogens with one attached hydrogen (secondary N) is 1. The number of halogens is 17. The van der Waals surface area contributed by atoms with Crippen LogP contribution in [0.1, 0.15) is 40.5 Å². The van der Waals surface area contributed by atoms with Gasteiger partial charge in [-0.3, -0.25) is 0 Å². The van der Waals surface area contributed by atoms with E-state index in [0.717, 1.165) is 27.7 Å². The number of alkyl halides is 17. The molecule has 0 amide bonds. The highest BCUT2D eigenvalue weighted by Crippen LogP contribution is 2.62. The van der Waals surface area contributed by atoms with Crippen LogP contribution in [0.4, 0.5) is 74.6 Å². The summed E-state index contributed by atoms with van der Waals surface area (Å²) < 4.78 is 232. The zero-order chi connectivity index (χ0) is 30.3. The Balaban J connectivity index is 6.59. The molecule has 0 aliphatic rings. The van der Waals surface area contributed by atoms with Crippen molar-refractivity contribution in [2.24, 2.45) is 4.99 Å². The van der Waals surface area contributed by atoms with E-state index in [2.05, 4.69) is 9.73 Å². The molecule has 0 aromatic heterocycles. The molecule has 0 heterocycles. The Morgan fingerprint density at radius 2 is 0.973 bits per heavy atom. The molecule has 0 saturated carbocycles. The average molecular weight is 590 g/mol. The molecule has 37 heavy (non-hydrogen) atoms. The van der Waals surface area contributed by atoms with Gasteiger partial charge in [0.05, 0.1) is 0 Å². The molecule has 0 aromatic rings. The van der Waals surface area contributed by atoms with Crippen LogP contribution in [0.2, 0.25) is 0 Å². The first-order chi connectivity index (χ1) is 15.9. The van der Waals surface area contributed by atoms with Crippen LogP contribution in [0.25, 0.3) is 0 Å². The van der Waals surface area contributed by atoms with E-state index < -0.39 is 78.8 Å². The second-order valence-electron chi connectivity index (χ2n) is 8.14. The molecule has 0 unspecified atom stereocenters. The van der Waals surface area contributed by atoms with Crippen molar-refractivity contribution < 1.29 is 79.4 Å². The molecule has 0 atom stereocenters. The Morgan fingerprint density at radius 1 is 0.595 bits per heavy atom. The highest BCUT2D eigenvalue weighted by Gasteiger charge is 2.93. The summed E-state index contributed by atoms with van der Waals surface area (Å²) in [6.07, 6.45) is -19.1. The molecule has 20 heteroatoms. The van der Waals surface area contributed by atoms with Gasteiger partial charge in [0, 0.05) is 24.9 Å². The first-order valence-electron chi connectivity index (χ1n) is 9.66. The van der Waals surface area contributed by atoms with E-state index in [0.29, 0.717) is 0 Å². The second-order valence-corrected chi connectivity index (χ2v) is 8.14. The van der Waals surface area contributed by atoms with Crippen molar-refractivity contribution in [3.63, 3.8) is 0 Å². The summed E-state index contributed by atoms with van der Waals surface area (Å²) in [4.78, 5) is 3.10. The van der Waals surface area contributed by atoms with E-state index in [1.165, 1.54) is 0 Å². The van der Waals surface area contributed by atoms with Crippen LogP contribution < -0.4 is 5.32 Å². The lowest BCUT2D eigenvalue weighted by atomic mass is 9.89. The SMILES string of the molecule is CC(C)N=C(NC(C)C)OC(F)(F)C(F)(F)C(F)(F)C(F)(F)C(F)(F)C(F)(F)C(F)(F)CCC(F)(F)F. The third kappa shape index (κ3) is 6.75. The van der Waals surface area contributed by atoms with Gasteiger partial charge in [0.2, 0.25) is 0 Å². The monoisotopic (exact) mass is 590 g/mol. The van der Waals surface area contributed by atoms with E-state index in [-0.39, 0.29) is 0 Å². The molecule has 0 aliphatic carbocycles. The van der Waals surface area contributed by atoms with Crippen LogP contribution in [0.3, 0.4) is 0 Å². The third-order valence-corrected chi connectivity index (χ3v) is 4.14. The van der Waals surface area contributed by atoms with E-state index in [4.69, 9.17) is 0 Å². The van der Waals surface area contributed by atoms with Gasteiger partial charge < -0.3 is 10.1 Å². The minimum Gasteiger partial charge on any atom is -0.396 e. The van der Waals surface area contributed by atoms with Gasteiger partial charge in [0.1, 0.15) is 0 Å². The average Bonchev–Trinajstić information content (AvgIpc) is 2.63. The van der Waals surface area contributed by atoms with Crippen LogP contribution in [0, 0.1) is 0 Å². The Morgan fingerprint density at radius 3 is 1.32 bits per heavy atom. The first kappa shape index (κ1) is 35.1. The number of hydrogen-bond acceptors (Lipinski definition) is 2. The lowest BCUT2D eigenvalue weighted by Gasteiger charge is -2.42. The van der Waals surface area contributed by atoms with Crippen LogP contribution in [-0.2, 0) is 4.74 Å². The molecular weight excluding hydrogens is 571 g/mol. The highest BCUT2D eigenvalue weighted by molar-refractivity contribution is 5.74. The molecular formula is C17H19F17N2O. The predicted octanol–water partition coefficient (Wildman–Crippen LogP) is 7.51. The molecule has 1 N–H and O–H groups in total. The van der Waals surface area contributed by atoms with Crippen molar-refractivity contribution in [3.8, 4) is 0 Å². The lowest BCUT2D eigenvalue weighted by Crippen LogP contribution is -2.73. The molecule has 0 fully saturated rings. The van der Waals surface area contributed by atoms with E-state index in [9.17, 15) is 74.6 Å². The number of amidine groups is 1. The van der Waals surface area contributed by atoms with Crippen molar-refractivity contribution >= 4 is 6.02 Å². The smallest absolute Gasteiger partial charge is 0.396 e. The van der Waals surface area contributed by atoms with Gasteiger partial charge in [-0.15, -0.1) is 0 Å². The van der Waals surface area contributed by atoms with E-state index >= 15 is 0 Å². The fraction of sp³-hybridized carbons (Fsp3) is 0.941. The molecule has 0 bridgehead atoms. The zero-order valence-corrected chi connectivity index (χ0v) is 18.8. The minimum atomic E-state index is -8.43. The predicted molar refractivity (Wildman–Crippen MR) is 91.8 cm³/mol. The van der Waals surface area contributed by atoms with Crippen LogP contribution in [0.5, 0.6) is 0 Å². The summed E-state index contributed by atoms with van der Waals surface area (Å²) in [5.74, 6) is -47.6. The minimum absolute atomic E-state index is 1.04. The van der Waals surface area contributed by atoms with E-state index in [1.807, 2.05) is 0 Å². The van der Waals surface area contributed by atoms with Crippen molar-refractivity contribution in [1.29, 1.82) is 0 Å². The molecule has 0 radical (unpaired) electrons. The number of aliphatic imine (C=N–C) groups is 1. The molecule has 0 aliphatic heterocycles. The topological polar surface area (TPSA) is 33.6 Å². The van der Waals surface area contributed by atoms with Crippen LogP contribution in [-0.4, -0.2) is 65.9 Å². The fourth-order valence-corrected chi connectivity index (χ4v) is 2.22. The number of rotatable bonds is 11. The standard InChI is InChI=1S/C17H19F17N2O/c1-7(2)35-9(36-8(3)4)37-17(33,34)16(31,32)15(29,30)14(27,28)13(25,26)12(23,24)10(18,19)5-6-11(20,21)22/h7-8H,5-6H2,1-4H3,(H,35,36). The Labute approximate surface area is 197 Å². The third-order valence-electron chi connectivity index (χ3n) is 4.14. The Bertz CT molecular complexity index is 802. The maximum Gasteiger partial charge on any atom is 0.473 e. The van der Waals surface area contributed by atoms with Gasteiger partial charge >= 0.3 is 47.8 Å². The number of ether oxygens (including phenoxy) is 1. The quantitative estimate of drug-likeness (QED) is 0.154. The second kappa shape index (κ2) is 10.3. The van der Waals surface area contributed by atoms with Gasteiger partial charge in [0.15, 0.2) is 0 Å². The van der Waals surface area contributed by atoms with Crippen LogP contribution >= 0.6 is 0 Å². The van der Waals surface area contributed by atoms with Gasteiger partial charge in [0.25, 0.3) is 6.02 Å². The van der Waals surface area contributed by atoms with Crippen molar-refractivity contribution in [3.05, 3.63) is 0 Å². The van der Waals surface area contributed by atoms with Gasteiger partial charge in [-0.1, -0.05) is 0 Å². The van der Waals surface area contributed by atoms with Gasteiger partial charge in [-0.25, -0.2) is 4.99 Å². The van der Waals surface area contributed by atoms with Gasteiger partial charge in [-0.2, -0.15) is 74.6 Å². The number of nitrogens with zero attached hydrogens (tertiary/aromatic N) is 1. The first-order valence-corrected chi connectivity index (χ1v) is 9.66. The summed E-state index contributed by atoms with van der Waals surface area (Å²) in [6, 6.07) is -3.88. The van der Waals surface area contributed by atoms with Gasteiger partial charge in [-0.05, 0) is 27.7 Å². The number of hydrogen-bond donors (Lipinski definition) is 1. The summed E-state index contributed by atoms with van der Waals surface area (Å²) >= 11 is 0. The molecule has 222 valence electrons. The molecule has 0 rings (SSSR count). The molecule has 0 aromatic carbocycles. The van der Waals surface area contributed by atoms with Crippen molar-refractivity contribution in [2.45, 2.75) is 100 Å². The molecule has 0 saturated heterocycles. The summed E-state index contributed by atoms with van der Waals surface area (Å²) in [7, 11) is 0. The zero-order valence-electron chi connectivity index (χ0n) is 18.8. The van der Waals surface area contributed by atoms with Crippen LogP contribution in [0.15, 0.2) is 4.99 Å². The molecule has 3 nitrogen and oxygen atoms in total. The summed E-state index contributed by atoms with van der Waals surface area (Å²) in [6.45, 7) is 4.37. The maximum absolute atomic E-state index is 13.9. The Kier molecular flexibility index (Phi) is 9.80. The summed E-state index contributed by atoms with van der Waals surface area (Å²) in [5, 5.41) is 1.75. The summed E-state index contributed by atoms with van der Waals surface area (Å²) in [5.41, 5.74) is 0. The largest absolute Gasteiger partial charge is 0.473 e. The van der Waals surface area contributed by atoms with E-state index in [1.54, 1.807) is 5.32 Å². The van der Waals surface area contributed by atoms with Crippen molar-refractivity contribution in [2.75, 3.05) is 0 Å². The lowest BCUT2D eigenvalue weighted by molar-refractivity contribution is -0.459. The Hall–Kier alpha value is -1.92. The maximum atomic E-state index is 13.9. The fourth-order valence-electron chi connectivity index (χ4n) is 2.22.